The molecule has 0 saturated heterocycles. The van der Waals surface area contributed by atoms with Gasteiger partial charge in [-0.25, -0.2) is 9.13 Å². The Morgan fingerprint density at radius 1 is 1.00 bits per heavy atom. The van der Waals surface area contributed by atoms with E-state index in [1.165, 1.54) is 11.3 Å². The molecular weight excluding hydrogens is 322 g/mol. The van der Waals surface area contributed by atoms with Gasteiger partial charge >= 0.3 is 0 Å². The zero-order valence-electron chi connectivity index (χ0n) is 15.9. The van der Waals surface area contributed by atoms with Crippen LogP contribution in [0.25, 0.3) is 23.2 Å². The van der Waals surface area contributed by atoms with Gasteiger partial charge in [-0.2, -0.15) is 0 Å². The molecule has 4 heteroatoms. The minimum Gasteiger partial charge on any atom is -0.392 e. The second-order valence-electron chi connectivity index (χ2n) is 6.38. The van der Waals surface area contributed by atoms with Crippen molar-refractivity contribution in [2.75, 3.05) is 24.6 Å². The summed E-state index contributed by atoms with van der Waals surface area (Å²) in [7, 11) is 2.07. The summed E-state index contributed by atoms with van der Waals surface area (Å²) in [6, 6.07) is 17.0. The minimum atomic E-state index is 0.123. The van der Waals surface area contributed by atoms with Crippen LogP contribution in [0, 0.1) is 0 Å². The van der Waals surface area contributed by atoms with Crippen molar-refractivity contribution in [3.8, 4) is 0 Å². The molecule has 4 nitrogen and oxygen atoms in total. The summed E-state index contributed by atoms with van der Waals surface area (Å²) in [6.07, 6.45) is 4.26. The van der Waals surface area contributed by atoms with E-state index in [4.69, 9.17) is 0 Å². The van der Waals surface area contributed by atoms with Crippen LogP contribution in [0.5, 0.6) is 0 Å². The smallest absolute Gasteiger partial charge is 0.282 e. The van der Waals surface area contributed by atoms with E-state index in [-0.39, 0.29) is 6.61 Å². The molecule has 2 aromatic carbocycles. The Morgan fingerprint density at radius 2 is 1.69 bits per heavy atom. The van der Waals surface area contributed by atoms with Gasteiger partial charge in [0, 0.05) is 24.9 Å². The van der Waals surface area contributed by atoms with Crippen LogP contribution in [-0.4, -0.2) is 29.4 Å². The highest BCUT2D eigenvalue weighted by atomic mass is 16.3. The van der Waals surface area contributed by atoms with Crippen LogP contribution in [0.1, 0.15) is 25.2 Å². The lowest BCUT2D eigenvalue weighted by Gasteiger charge is -2.20. The maximum absolute atomic E-state index is 9.47. The van der Waals surface area contributed by atoms with E-state index in [0.717, 1.165) is 29.9 Å². The van der Waals surface area contributed by atoms with Gasteiger partial charge in [-0.3, -0.25) is 0 Å². The highest BCUT2D eigenvalue weighted by molar-refractivity contribution is 5.76. The summed E-state index contributed by atoms with van der Waals surface area (Å²) < 4.78 is 4.34. The van der Waals surface area contributed by atoms with Crippen LogP contribution >= 0.6 is 0 Å². The van der Waals surface area contributed by atoms with Gasteiger partial charge in [-0.05, 0) is 49.8 Å². The summed E-state index contributed by atoms with van der Waals surface area (Å²) in [5.74, 6) is 1.08. The van der Waals surface area contributed by atoms with Gasteiger partial charge in [0.25, 0.3) is 5.82 Å². The number of imidazole rings is 1. The SMILES string of the molecule is CCN(CC)c1ccc(/C=C/c2n(CCO)c3ccccc3[n+]2C)cc1. The fourth-order valence-corrected chi connectivity index (χ4v) is 3.50. The molecule has 3 rings (SSSR count). The normalized spacial score (nSPS) is 11.5. The molecule has 0 amide bonds. The summed E-state index contributed by atoms with van der Waals surface area (Å²) >= 11 is 0. The Labute approximate surface area is 155 Å². The summed E-state index contributed by atoms with van der Waals surface area (Å²) in [5, 5.41) is 9.47. The number of para-hydroxylation sites is 2. The van der Waals surface area contributed by atoms with Crippen LogP contribution in [-0.2, 0) is 13.6 Å². The molecule has 0 aliphatic carbocycles. The maximum Gasteiger partial charge on any atom is 0.282 e. The molecule has 1 N–H and O–H groups in total. The molecule has 0 unspecified atom stereocenters. The fraction of sp³-hybridized carbons (Fsp3) is 0.318. The van der Waals surface area contributed by atoms with Crippen LogP contribution in [0.15, 0.2) is 48.5 Å². The minimum absolute atomic E-state index is 0.123. The van der Waals surface area contributed by atoms with Gasteiger partial charge in [0.1, 0.15) is 6.54 Å². The summed E-state index contributed by atoms with van der Waals surface area (Å²) in [5.41, 5.74) is 4.73. The van der Waals surface area contributed by atoms with E-state index in [1.54, 1.807) is 0 Å². The van der Waals surface area contributed by atoms with Crippen molar-refractivity contribution in [3.63, 3.8) is 0 Å². The van der Waals surface area contributed by atoms with Crippen molar-refractivity contribution in [2.24, 2.45) is 7.05 Å². The quantitative estimate of drug-likeness (QED) is 0.662. The first kappa shape index (κ1) is 18.2. The first-order chi connectivity index (χ1) is 12.7. The van der Waals surface area contributed by atoms with E-state index in [2.05, 4.69) is 83.5 Å². The van der Waals surface area contributed by atoms with Gasteiger partial charge in [0.2, 0.25) is 0 Å². The monoisotopic (exact) mass is 350 g/mol. The second kappa shape index (κ2) is 8.19. The van der Waals surface area contributed by atoms with Gasteiger partial charge in [-0.1, -0.05) is 24.3 Å². The number of aryl methyl sites for hydroxylation is 1. The Bertz CT molecular complexity index is 890. The van der Waals surface area contributed by atoms with Crippen molar-refractivity contribution in [2.45, 2.75) is 20.4 Å². The third-order valence-corrected chi connectivity index (χ3v) is 4.92. The number of nitrogens with zero attached hydrogens (tertiary/aromatic N) is 3. The van der Waals surface area contributed by atoms with Crippen molar-refractivity contribution in [1.29, 1.82) is 0 Å². The number of rotatable bonds is 7. The number of aromatic nitrogens is 2. The number of benzene rings is 2. The van der Waals surface area contributed by atoms with Crippen molar-refractivity contribution >= 4 is 28.9 Å². The first-order valence-corrected chi connectivity index (χ1v) is 9.30. The molecule has 1 heterocycles. The molecule has 0 atom stereocenters. The number of anilines is 1. The van der Waals surface area contributed by atoms with Crippen molar-refractivity contribution in [1.82, 2.24) is 4.57 Å². The highest BCUT2D eigenvalue weighted by Gasteiger charge is 2.19. The Hall–Kier alpha value is -2.59. The third-order valence-electron chi connectivity index (χ3n) is 4.92. The predicted molar refractivity (Wildman–Crippen MR) is 109 cm³/mol. The lowest BCUT2D eigenvalue weighted by atomic mass is 10.2. The van der Waals surface area contributed by atoms with Crippen molar-refractivity contribution in [3.05, 3.63) is 59.9 Å². The average molecular weight is 350 g/mol. The topological polar surface area (TPSA) is 32.3 Å². The van der Waals surface area contributed by atoms with E-state index in [9.17, 15) is 5.11 Å². The highest BCUT2D eigenvalue weighted by Crippen LogP contribution is 2.18. The largest absolute Gasteiger partial charge is 0.392 e. The van der Waals surface area contributed by atoms with Gasteiger partial charge < -0.3 is 10.0 Å². The fourth-order valence-electron chi connectivity index (χ4n) is 3.50. The molecular formula is C22H28N3O+. The number of aliphatic hydroxyl groups excluding tert-OH is 1. The molecule has 0 fully saturated rings. The number of hydrogen-bond acceptors (Lipinski definition) is 2. The number of aliphatic hydroxyl groups is 1. The van der Waals surface area contributed by atoms with E-state index in [1.807, 2.05) is 12.1 Å². The van der Waals surface area contributed by atoms with Gasteiger partial charge in [-0.15, -0.1) is 0 Å². The molecule has 3 aromatic rings. The average Bonchev–Trinajstić information content (AvgIpc) is 2.94. The lowest BCUT2D eigenvalue weighted by Crippen LogP contribution is -2.31. The van der Waals surface area contributed by atoms with Gasteiger partial charge in [0.05, 0.1) is 13.7 Å². The number of hydrogen-bond donors (Lipinski definition) is 1. The lowest BCUT2D eigenvalue weighted by molar-refractivity contribution is -0.647. The Kier molecular flexibility index (Phi) is 5.74. The molecule has 0 bridgehead atoms. The van der Waals surface area contributed by atoms with E-state index in [0.29, 0.717) is 6.54 Å². The Balaban J connectivity index is 1.93. The van der Waals surface area contributed by atoms with Crippen LogP contribution in [0.3, 0.4) is 0 Å². The first-order valence-electron chi connectivity index (χ1n) is 9.30. The van der Waals surface area contributed by atoms with Crippen LogP contribution in [0.4, 0.5) is 5.69 Å². The second-order valence-corrected chi connectivity index (χ2v) is 6.38. The zero-order chi connectivity index (χ0) is 18.5. The molecule has 0 spiro atoms. The Morgan fingerprint density at radius 3 is 2.35 bits per heavy atom. The molecule has 0 radical (unpaired) electrons. The standard InChI is InChI=1S/C22H28N3O/c1-4-24(5-2)19-13-10-18(11-14-19)12-15-22-23(3)20-8-6-7-9-21(20)25(22)16-17-26/h6-15,26H,4-5,16-17H2,1-3H3/q+1. The number of fused-ring (bicyclic) bond motifs is 1. The maximum atomic E-state index is 9.47. The van der Waals surface area contributed by atoms with E-state index < -0.39 is 0 Å². The van der Waals surface area contributed by atoms with Crippen LogP contribution < -0.4 is 9.47 Å². The molecule has 26 heavy (non-hydrogen) atoms. The van der Waals surface area contributed by atoms with E-state index >= 15 is 0 Å². The molecule has 0 aliphatic rings. The summed E-state index contributed by atoms with van der Waals surface area (Å²) in [4.78, 5) is 2.34. The molecule has 0 saturated carbocycles. The zero-order valence-corrected chi connectivity index (χ0v) is 15.9. The third kappa shape index (κ3) is 3.51. The predicted octanol–water partition coefficient (Wildman–Crippen LogP) is 3.47. The molecule has 136 valence electrons. The summed E-state index contributed by atoms with van der Waals surface area (Å²) in [6.45, 7) is 7.10. The van der Waals surface area contributed by atoms with Crippen LogP contribution in [0.2, 0.25) is 0 Å². The van der Waals surface area contributed by atoms with Gasteiger partial charge in [0.15, 0.2) is 11.0 Å². The molecule has 1 aromatic heterocycles. The molecule has 0 aliphatic heterocycles. The van der Waals surface area contributed by atoms with Crippen molar-refractivity contribution < 1.29 is 9.67 Å².